The van der Waals surface area contributed by atoms with Crippen LogP contribution in [0.4, 0.5) is 0 Å². The molecule has 0 aromatic heterocycles. The summed E-state index contributed by atoms with van der Waals surface area (Å²) in [5.74, 6) is 0. The number of hydrogen-bond donors (Lipinski definition) is 0. The van der Waals surface area contributed by atoms with Gasteiger partial charge in [0.1, 0.15) is 0 Å². The van der Waals surface area contributed by atoms with Crippen molar-refractivity contribution in [2.75, 3.05) is 33.5 Å². The number of ether oxygens (including phenoxy) is 4. The smallest absolute Gasteiger partial charge is 0.0818 e. The Morgan fingerprint density at radius 2 is 1.67 bits per heavy atom. The zero-order chi connectivity index (χ0) is 20.8. The Hall–Kier alpha value is -0.420. The van der Waals surface area contributed by atoms with E-state index in [2.05, 4.69) is 48.1 Å². The molecule has 27 heavy (non-hydrogen) atoms. The average molecular weight is 387 g/mol. The highest BCUT2D eigenvalue weighted by Gasteiger charge is 2.45. The van der Waals surface area contributed by atoms with Gasteiger partial charge in [0.15, 0.2) is 0 Å². The average Bonchev–Trinajstić information content (AvgIpc) is 2.65. The molecule has 0 N–H and O–H groups in total. The second-order valence-electron chi connectivity index (χ2n) is 7.95. The molecule has 0 aromatic rings. The van der Waals surface area contributed by atoms with Crippen LogP contribution in [0.15, 0.2) is 12.7 Å². The summed E-state index contributed by atoms with van der Waals surface area (Å²) in [6, 6.07) is 0. The lowest BCUT2D eigenvalue weighted by atomic mass is 9.66. The number of hydrogen-bond acceptors (Lipinski definition) is 4. The molecule has 0 aliphatic carbocycles. The van der Waals surface area contributed by atoms with Crippen LogP contribution in [0.2, 0.25) is 0 Å². The van der Waals surface area contributed by atoms with E-state index >= 15 is 0 Å². The molecule has 0 radical (unpaired) electrons. The molecule has 0 saturated carbocycles. The second kappa shape index (κ2) is 14.6. The lowest BCUT2D eigenvalue weighted by Crippen LogP contribution is -2.49. The molecular formula is C23H46O4. The van der Waals surface area contributed by atoms with Crippen molar-refractivity contribution in [3.8, 4) is 0 Å². The maximum Gasteiger partial charge on any atom is 0.0818 e. The molecule has 0 saturated heterocycles. The third kappa shape index (κ3) is 9.08. The van der Waals surface area contributed by atoms with Gasteiger partial charge in [0, 0.05) is 12.5 Å². The number of rotatable bonds is 18. The number of methoxy groups -OCH3 is 1. The van der Waals surface area contributed by atoms with Gasteiger partial charge >= 0.3 is 0 Å². The van der Waals surface area contributed by atoms with Crippen LogP contribution in [0.1, 0.15) is 80.1 Å². The minimum absolute atomic E-state index is 0.0269. The van der Waals surface area contributed by atoms with Crippen LogP contribution >= 0.6 is 0 Å². The lowest BCUT2D eigenvalue weighted by Gasteiger charge is -2.48. The van der Waals surface area contributed by atoms with Gasteiger partial charge in [-0.05, 0) is 46.0 Å². The van der Waals surface area contributed by atoms with Crippen LogP contribution in [-0.2, 0) is 18.9 Å². The summed E-state index contributed by atoms with van der Waals surface area (Å²) in [5, 5.41) is 0. The molecule has 0 aromatic carbocycles. The minimum Gasteiger partial charge on any atom is -0.382 e. The molecule has 0 aliphatic heterocycles. The highest BCUT2D eigenvalue weighted by Crippen LogP contribution is 2.45. The van der Waals surface area contributed by atoms with Crippen molar-refractivity contribution in [3.05, 3.63) is 12.7 Å². The molecule has 2 atom stereocenters. The van der Waals surface area contributed by atoms with Crippen LogP contribution in [0.25, 0.3) is 0 Å². The van der Waals surface area contributed by atoms with Crippen molar-refractivity contribution in [1.82, 2.24) is 0 Å². The minimum atomic E-state index is -0.268. The second-order valence-corrected chi connectivity index (χ2v) is 7.95. The van der Waals surface area contributed by atoms with Crippen LogP contribution in [-0.4, -0.2) is 51.3 Å². The molecule has 2 unspecified atom stereocenters. The van der Waals surface area contributed by atoms with E-state index < -0.39 is 0 Å². The van der Waals surface area contributed by atoms with E-state index in [1.807, 2.05) is 0 Å². The first-order chi connectivity index (χ1) is 12.9. The molecule has 0 rings (SSSR count). The largest absolute Gasteiger partial charge is 0.382 e. The highest BCUT2D eigenvalue weighted by molar-refractivity contribution is 4.95. The molecule has 0 bridgehead atoms. The summed E-state index contributed by atoms with van der Waals surface area (Å²) >= 11 is 0. The predicted molar refractivity (Wildman–Crippen MR) is 114 cm³/mol. The van der Waals surface area contributed by atoms with Crippen molar-refractivity contribution >= 4 is 0 Å². The van der Waals surface area contributed by atoms with E-state index in [4.69, 9.17) is 18.9 Å². The Kier molecular flexibility index (Phi) is 14.3. The van der Waals surface area contributed by atoms with Gasteiger partial charge in [-0.1, -0.05) is 40.2 Å². The van der Waals surface area contributed by atoms with Crippen LogP contribution in [0.3, 0.4) is 0 Å². The van der Waals surface area contributed by atoms with Gasteiger partial charge in [0.25, 0.3) is 0 Å². The van der Waals surface area contributed by atoms with Crippen LogP contribution < -0.4 is 0 Å². The third-order valence-corrected chi connectivity index (χ3v) is 5.98. The standard InChI is InChI=1S/C23H46O4/c1-9-14-20(11-3)27-21(19-24-8)18-23(12-4,13-5)22(6,7)26-17-16-25-15-10-2/h10,20-21H,2,9,11-19H2,1,3-8H3. The predicted octanol–water partition coefficient (Wildman–Crippen LogP) is 5.79. The van der Waals surface area contributed by atoms with Crippen molar-refractivity contribution in [2.24, 2.45) is 5.41 Å². The van der Waals surface area contributed by atoms with Crippen molar-refractivity contribution < 1.29 is 18.9 Å². The van der Waals surface area contributed by atoms with Gasteiger partial charge < -0.3 is 18.9 Å². The summed E-state index contributed by atoms with van der Waals surface area (Å²) in [6.07, 6.45) is 8.46. The van der Waals surface area contributed by atoms with E-state index in [0.29, 0.717) is 32.5 Å². The molecule has 0 fully saturated rings. The maximum atomic E-state index is 6.48. The Balaban J connectivity index is 5.14. The van der Waals surface area contributed by atoms with E-state index in [9.17, 15) is 0 Å². The normalized spacial score (nSPS) is 14.9. The summed E-state index contributed by atoms with van der Waals surface area (Å²) < 4.78 is 23.8. The first-order valence-corrected chi connectivity index (χ1v) is 10.8. The van der Waals surface area contributed by atoms with Gasteiger partial charge in [0.2, 0.25) is 0 Å². The van der Waals surface area contributed by atoms with Gasteiger partial charge in [0.05, 0.1) is 44.2 Å². The van der Waals surface area contributed by atoms with Crippen molar-refractivity contribution in [2.45, 2.75) is 97.9 Å². The van der Waals surface area contributed by atoms with Gasteiger partial charge in [-0.25, -0.2) is 0 Å². The molecule has 0 amide bonds. The third-order valence-electron chi connectivity index (χ3n) is 5.98. The lowest BCUT2D eigenvalue weighted by molar-refractivity contribution is -0.155. The fraction of sp³-hybridized carbons (Fsp3) is 0.913. The fourth-order valence-electron chi connectivity index (χ4n) is 4.04. The summed E-state index contributed by atoms with van der Waals surface area (Å²) in [5.41, 5.74) is -0.241. The summed E-state index contributed by atoms with van der Waals surface area (Å²) in [4.78, 5) is 0. The first-order valence-electron chi connectivity index (χ1n) is 10.8. The molecule has 4 nitrogen and oxygen atoms in total. The molecule has 0 heterocycles. The SMILES string of the molecule is C=CCOCCOC(C)(C)C(CC)(CC)CC(COC)OC(CC)CCC. The Bertz CT molecular complexity index is 363. The van der Waals surface area contributed by atoms with E-state index in [-0.39, 0.29) is 17.1 Å². The quantitative estimate of drug-likeness (QED) is 0.221. The van der Waals surface area contributed by atoms with Gasteiger partial charge in [-0.15, -0.1) is 6.58 Å². The summed E-state index contributed by atoms with van der Waals surface area (Å²) in [6.45, 7) is 19.4. The molecule has 4 heteroatoms. The zero-order valence-electron chi connectivity index (χ0n) is 19.1. The van der Waals surface area contributed by atoms with E-state index in [1.54, 1.807) is 13.2 Å². The van der Waals surface area contributed by atoms with Crippen LogP contribution in [0.5, 0.6) is 0 Å². The van der Waals surface area contributed by atoms with E-state index in [1.165, 1.54) is 0 Å². The maximum absolute atomic E-state index is 6.48. The monoisotopic (exact) mass is 386 g/mol. The Morgan fingerprint density at radius 3 is 2.15 bits per heavy atom. The van der Waals surface area contributed by atoms with Crippen molar-refractivity contribution in [1.29, 1.82) is 0 Å². The molecule has 0 aliphatic rings. The topological polar surface area (TPSA) is 36.9 Å². The first kappa shape index (κ1) is 26.6. The van der Waals surface area contributed by atoms with Gasteiger partial charge in [-0.2, -0.15) is 0 Å². The Labute approximate surface area is 169 Å². The van der Waals surface area contributed by atoms with Crippen molar-refractivity contribution in [3.63, 3.8) is 0 Å². The highest BCUT2D eigenvalue weighted by atomic mass is 16.5. The zero-order valence-corrected chi connectivity index (χ0v) is 19.1. The van der Waals surface area contributed by atoms with Crippen LogP contribution in [0, 0.1) is 5.41 Å². The van der Waals surface area contributed by atoms with Gasteiger partial charge in [-0.3, -0.25) is 0 Å². The molecule has 0 spiro atoms. The molecule has 162 valence electrons. The summed E-state index contributed by atoms with van der Waals surface area (Å²) in [7, 11) is 1.76. The van der Waals surface area contributed by atoms with E-state index in [0.717, 1.165) is 38.5 Å². The Morgan fingerprint density at radius 1 is 1.00 bits per heavy atom. The fourth-order valence-corrected chi connectivity index (χ4v) is 4.04. The molecular weight excluding hydrogens is 340 g/mol.